The van der Waals surface area contributed by atoms with Crippen molar-refractivity contribution in [2.75, 3.05) is 25.0 Å². The fourth-order valence-electron chi connectivity index (χ4n) is 3.06. The molecule has 0 radical (unpaired) electrons. The van der Waals surface area contributed by atoms with Gasteiger partial charge in [-0.05, 0) is 65.0 Å². The number of amides is 2. The maximum Gasteiger partial charge on any atom is 0.408 e. The van der Waals surface area contributed by atoms with Crippen molar-refractivity contribution >= 4 is 28.6 Å². The van der Waals surface area contributed by atoms with E-state index in [1.165, 1.54) is 0 Å². The summed E-state index contributed by atoms with van der Waals surface area (Å²) in [6, 6.07) is 7.18. The first kappa shape index (κ1) is 22.7. The third kappa shape index (κ3) is 6.78. The van der Waals surface area contributed by atoms with Crippen LogP contribution in [0.1, 0.15) is 41.5 Å². The van der Waals surface area contributed by atoms with Gasteiger partial charge in [-0.2, -0.15) is 0 Å². The predicted molar refractivity (Wildman–Crippen MR) is 117 cm³/mol. The third-order valence-corrected chi connectivity index (χ3v) is 4.72. The highest BCUT2D eigenvalue weighted by molar-refractivity contribution is 5.98. The van der Waals surface area contributed by atoms with Gasteiger partial charge in [0.2, 0.25) is 5.91 Å². The van der Waals surface area contributed by atoms with Gasteiger partial charge in [0.05, 0.1) is 0 Å². The summed E-state index contributed by atoms with van der Waals surface area (Å²) in [5.74, 6) is -0.295. The summed E-state index contributed by atoms with van der Waals surface area (Å²) in [5, 5.41) is 6.47. The normalized spacial score (nSPS) is 12.8. The van der Waals surface area contributed by atoms with Crippen LogP contribution in [0, 0.1) is 0 Å². The Balaban J connectivity index is 1.98. The molecule has 0 aliphatic rings. The molecule has 1 aromatic carbocycles. The molecule has 1 atom stereocenters. The zero-order valence-electron chi connectivity index (χ0n) is 18.4. The molecule has 0 saturated carbocycles. The van der Waals surface area contributed by atoms with E-state index in [0.29, 0.717) is 5.69 Å². The number of rotatable bonds is 8. The lowest BCUT2D eigenvalue weighted by atomic mass is 10.2. The number of fused-ring (bicyclic) bond motifs is 1. The molecular weight excluding hydrogens is 368 g/mol. The van der Waals surface area contributed by atoms with Gasteiger partial charge in [0.15, 0.2) is 0 Å². The van der Waals surface area contributed by atoms with Gasteiger partial charge in [-0.3, -0.25) is 4.79 Å². The van der Waals surface area contributed by atoms with Gasteiger partial charge < -0.3 is 24.8 Å². The molecule has 7 nitrogen and oxygen atoms in total. The number of alkyl carbamates (subject to hydrolysis) is 1. The number of likely N-dealkylation sites (N-methyl/N-ethyl adjacent to an activating group) is 1. The smallest absolute Gasteiger partial charge is 0.408 e. The SMILES string of the molecule is CCN(CC)CCn1ccc2cc(NC(=O)[C@@H](C)NC(=O)OC(C)(C)C)ccc21. The van der Waals surface area contributed by atoms with E-state index in [-0.39, 0.29) is 5.91 Å². The van der Waals surface area contributed by atoms with E-state index in [0.717, 1.165) is 37.1 Å². The Kier molecular flexibility index (Phi) is 7.67. The van der Waals surface area contributed by atoms with Crippen molar-refractivity contribution < 1.29 is 14.3 Å². The zero-order valence-corrected chi connectivity index (χ0v) is 18.4. The molecule has 29 heavy (non-hydrogen) atoms. The first-order valence-electron chi connectivity index (χ1n) is 10.2. The summed E-state index contributed by atoms with van der Waals surface area (Å²) >= 11 is 0. The second-order valence-electron chi connectivity index (χ2n) is 8.17. The van der Waals surface area contributed by atoms with Crippen molar-refractivity contribution in [3.63, 3.8) is 0 Å². The van der Waals surface area contributed by atoms with E-state index in [1.807, 2.05) is 18.2 Å². The highest BCUT2D eigenvalue weighted by Crippen LogP contribution is 2.21. The monoisotopic (exact) mass is 402 g/mol. The average molecular weight is 403 g/mol. The Hall–Kier alpha value is -2.54. The van der Waals surface area contributed by atoms with Gasteiger partial charge >= 0.3 is 6.09 Å². The third-order valence-electron chi connectivity index (χ3n) is 4.72. The maximum atomic E-state index is 12.4. The average Bonchev–Trinajstić information content (AvgIpc) is 3.03. The Bertz CT molecular complexity index is 834. The number of hydrogen-bond acceptors (Lipinski definition) is 4. The van der Waals surface area contributed by atoms with Crippen LogP contribution in [0.4, 0.5) is 10.5 Å². The summed E-state index contributed by atoms with van der Waals surface area (Å²) in [6.07, 6.45) is 1.47. The van der Waals surface area contributed by atoms with Crippen LogP contribution >= 0.6 is 0 Å². The van der Waals surface area contributed by atoms with Gasteiger partial charge in [0, 0.05) is 35.9 Å². The lowest BCUT2D eigenvalue weighted by Gasteiger charge is -2.21. The minimum Gasteiger partial charge on any atom is -0.444 e. The van der Waals surface area contributed by atoms with Gasteiger partial charge in [-0.15, -0.1) is 0 Å². The molecule has 2 amide bonds. The van der Waals surface area contributed by atoms with Crippen LogP contribution in [0.5, 0.6) is 0 Å². The lowest BCUT2D eigenvalue weighted by molar-refractivity contribution is -0.117. The number of carbonyl (C=O) groups excluding carboxylic acids is 2. The van der Waals surface area contributed by atoms with Crippen LogP contribution in [0.25, 0.3) is 10.9 Å². The van der Waals surface area contributed by atoms with Gasteiger partial charge in [0.25, 0.3) is 0 Å². The number of benzene rings is 1. The molecule has 1 aromatic heterocycles. The summed E-state index contributed by atoms with van der Waals surface area (Å²) in [4.78, 5) is 26.6. The van der Waals surface area contributed by atoms with Crippen molar-refractivity contribution in [3.8, 4) is 0 Å². The molecule has 0 spiro atoms. The molecule has 2 rings (SSSR count). The highest BCUT2D eigenvalue weighted by Gasteiger charge is 2.21. The van der Waals surface area contributed by atoms with Crippen LogP contribution in [-0.4, -0.2) is 52.7 Å². The molecule has 0 aliphatic carbocycles. The Morgan fingerprint density at radius 1 is 1.17 bits per heavy atom. The minimum absolute atomic E-state index is 0.295. The standard InChI is InChI=1S/C22H34N4O3/c1-7-25(8-2)13-14-26-12-11-17-15-18(9-10-19(17)26)24-20(27)16(3)23-21(28)29-22(4,5)6/h9-12,15-16H,7-8,13-14H2,1-6H3,(H,23,28)(H,24,27)/t16-/m1/s1. The molecule has 0 bridgehead atoms. The number of aromatic nitrogens is 1. The van der Waals surface area contributed by atoms with E-state index in [4.69, 9.17) is 4.74 Å². The first-order valence-corrected chi connectivity index (χ1v) is 10.2. The summed E-state index contributed by atoms with van der Waals surface area (Å²) in [6.45, 7) is 15.3. The van der Waals surface area contributed by atoms with Gasteiger partial charge in [0.1, 0.15) is 11.6 Å². The number of hydrogen-bond donors (Lipinski definition) is 2. The van der Waals surface area contributed by atoms with Crippen molar-refractivity contribution in [2.45, 2.75) is 59.7 Å². The molecule has 7 heteroatoms. The molecule has 0 aliphatic heterocycles. The predicted octanol–water partition coefficient (Wildman–Crippen LogP) is 3.83. The van der Waals surface area contributed by atoms with Gasteiger partial charge in [-0.25, -0.2) is 4.79 Å². The Morgan fingerprint density at radius 3 is 2.48 bits per heavy atom. The zero-order chi connectivity index (χ0) is 21.6. The number of anilines is 1. The number of carbonyl (C=O) groups is 2. The fraction of sp³-hybridized carbons (Fsp3) is 0.545. The molecule has 2 aromatic rings. The quantitative estimate of drug-likeness (QED) is 0.704. The van der Waals surface area contributed by atoms with Crippen molar-refractivity contribution in [2.24, 2.45) is 0 Å². The van der Waals surface area contributed by atoms with Crippen LogP contribution in [0.15, 0.2) is 30.5 Å². The Labute approximate surface area is 173 Å². The van der Waals surface area contributed by atoms with E-state index in [1.54, 1.807) is 27.7 Å². The second kappa shape index (κ2) is 9.78. The summed E-state index contributed by atoms with van der Waals surface area (Å²) in [7, 11) is 0. The molecule has 1 heterocycles. The van der Waals surface area contributed by atoms with Crippen LogP contribution in [-0.2, 0) is 16.1 Å². The molecular formula is C22H34N4O3. The molecule has 0 unspecified atom stereocenters. The van der Waals surface area contributed by atoms with Crippen LogP contribution in [0.2, 0.25) is 0 Å². The van der Waals surface area contributed by atoms with Gasteiger partial charge in [-0.1, -0.05) is 13.8 Å². The topological polar surface area (TPSA) is 75.6 Å². The lowest BCUT2D eigenvalue weighted by Crippen LogP contribution is -2.43. The molecule has 0 saturated heterocycles. The fourth-order valence-corrected chi connectivity index (χ4v) is 3.06. The minimum atomic E-state index is -0.709. The van der Waals surface area contributed by atoms with Crippen LogP contribution < -0.4 is 10.6 Å². The number of nitrogens with zero attached hydrogens (tertiary/aromatic N) is 2. The maximum absolute atomic E-state index is 12.4. The first-order chi connectivity index (χ1) is 13.6. The van der Waals surface area contributed by atoms with E-state index >= 15 is 0 Å². The highest BCUT2D eigenvalue weighted by atomic mass is 16.6. The van der Waals surface area contributed by atoms with Crippen molar-refractivity contribution in [1.29, 1.82) is 0 Å². The van der Waals surface area contributed by atoms with Crippen molar-refractivity contribution in [1.82, 2.24) is 14.8 Å². The van der Waals surface area contributed by atoms with E-state index < -0.39 is 17.7 Å². The molecule has 0 fully saturated rings. The van der Waals surface area contributed by atoms with Crippen LogP contribution in [0.3, 0.4) is 0 Å². The second-order valence-corrected chi connectivity index (χ2v) is 8.17. The van der Waals surface area contributed by atoms with E-state index in [2.05, 4.69) is 46.2 Å². The number of ether oxygens (including phenoxy) is 1. The Morgan fingerprint density at radius 2 is 1.86 bits per heavy atom. The summed E-state index contributed by atoms with van der Waals surface area (Å²) in [5.41, 5.74) is 1.22. The van der Waals surface area contributed by atoms with Crippen molar-refractivity contribution in [3.05, 3.63) is 30.5 Å². The number of nitrogens with one attached hydrogen (secondary N) is 2. The largest absolute Gasteiger partial charge is 0.444 e. The molecule has 2 N–H and O–H groups in total. The molecule has 160 valence electrons. The van der Waals surface area contributed by atoms with E-state index in [9.17, 15) is 9.59 Å². The summed E-state index contributed by atoms with van der Waals surface area (Å²) < 4.78 is 7.42.